The van der Waals surface area contributed by atoms with E-state index in [9.17, 15) is 0 Å². The average Bonchev–Trinajstić information content (AvgIpc) is 2.87. The summed E-state index contributed by atoms with van der Waals surface area (Å²) in [5.74, 6) is 1.77. The number of nitrogens with two attached hydrogens (primary N) is 1. The summed E-state index contributed by atoms with van der Waals surface area (Å²) in [6.45, 7) is 2.05. The van der Waals surface area contributed by atoms with E-state index in [0.29, 0.717) is 43.8 Å². The molecular weight excluding hydrogens is 446 g/mol. The van der Waals surface area contributed by atoms with E-state index in [1.54, 1.807) is 0 Å². The molecule has 1 aromatic heterocycles. The number of anilines is 3. The Morgan fingerprint density at radius 3 is 2.15 bits per heavy atom. The van der Waals surface area contributed by atoms with E-state index in [-0.39, 0.29) is 13.5 Å². The first kappa shape index (κ1) is 23.3. The van der Waals surface area contributed by atoms with Crippen LogP contribution in [0.1, 0.15) is 11.1 Å². The lowest BCUT2D eigenvalue weighted by molar-refractivity contribution is 0.267. The number of hydrogen-bond acceptors (Lipinski definition) is 6. The maximum Gasteiger partial charge on any atom is 0.241 e. The Balaban J connectivity index is 0.00000274. The summed E-state index contributed by atoms with van der Waals surface area (Å²) in [7, 11) is 0. The van der Waals surface area contributed by atoms with Gasteiger partial charge in [-0.15, -0.1) is 0 Å². The summed E-state index contributed by atoms with van der Waals surface area (Å²) in [5, 5.41) is 0. The SMILES string of the molecule is Nc1ccc2c(c1)OCCN2c1ccc(OCc2ccccc2)nc1OCc1ccccc1.S. The van der Waals surface area contributed by atoms with Crippen LogP contribution in [0.3, 0.4) is 0 Å². The third-order valence-electron chi connectivity index (χ3n) is 5.40. The lowest BCUT2D eigenvalue weighted by atomic mass is 10.2. The summed E-state index contributed by atoms with van der Waals surface area (Å²) in [4.78, 5) is 6.86. The van der Waals surface area contributed by atoms with Gasteiger partial charge in [-0.1, -0.05) is 60.7 Å². The molecule has 0 aliphatic carbocycles. The Kier molecular flexibility index (Phi) is 7.44. The summed E-state index contributed by atoms with van der Waals surface area (Å²) in [6, 6.07) is 29.6. The van der Waals surface area contributed by atoms with Crippen LogP contribution >= 0.6 is 13.5 Å². The molecule has 0 saturated heterocycles. The molecule has 4 aromatic rings. The predicted octanol–water partition coefficient (Wildman–Crippen LogP) is 5.47. The van der Waals surface area contributed by atoms with Crippen molar-refractivity contribution >= 4 is 30.6 Å². The molecule has 34 heavy (non-hydrogen) atoms. The van der Waals surface area contributed by atoms with Crippen molar-refractivity contribution in [2.75, 3.05) is 23.8 Å². The highest BCUT2D eigenvalue weighted by molar-refractivity contribution is 7.59. The first-order valence-corrected chi connectivity index (χ1v) is 10.9. The van der Waals surface area contributed by atoms with Crippen molar-refractivity contribution in [1.82, 2.24) is 4.98 Å². The standard InChI is InChI=1S/C27H25N3O3.H2S/c28-22-11-12-23-25(17-22)31-16-15-30(23)24-13-14-26(32-18-20-7-3-1-4-8-20)29-27(24)33-19-21-9-5-2-6-10-21;/h1-14,17H,15-16,18-19,28H2;1H2. The Morgan fingerprint density at radius 1 is 0.794 bits per heavy atom. The van der Waals surface area contributed by atoms with E-state index in [0.717, 1.165) is 28.3 Å². The van der Waals surface area contributed by atoms with Crippen LogP contribution in [0.25, 0.3) is 0 Å². The van der Waals surface area contributed by atoms with Crippen molar-refractivity contribution in [2.45, 2.75) is 13.2 Å². The number of nitrogen functional groups attached to an aromatic ring is 1. The zero-order chi connectivity index (χ0) is 22.5. The first-order valence-electron chi connectivity index (χ1n) is 10.9. The van der Waals surface area contributed by atoms with Gasteiger partial charge in [0.25, 0.3) is 0 Å². The normalized spacial score (nSPS) is 12.2. The fourth-order valence-electron chi connectivity index (χ4n) is 3.75. The third-order valence-corrected chi connectivity index (χ3v) is 5.40. The van der Waals surface area contributed by atoms with Gasteiger partial charge in [-0.05, 0) is 29.3 Å². The molecule has 1 aliphatic rings. The van der Waals surface area contributed by atoms with Crippen molar-refractivity contribution in [1.29, 1.82) is 0 Å². The van der Waals surface area contributed by atoms with Gasteiger partial charge in [0, 0.05) is 17.8 Å². The highest BCUT2D eigenvalue weighted by atomic mass is 32.1. The summed E-state index contributed by atoms with van der Waals surface area (Å²) in [6.07, 6.45) is 0. The minimum atomic E-state index is 0. The number of fused-ring (bicyclic) bond motifs is 1. The molecule has 0 bridgehead atoms. The van der Waals surface area contributed by atoms with Crippen LogP contribution < -0.4 is 24.8 Å². The van der Waals surface area contributed by atoms with Crippen molar-refractivity contribution in [3.05, 3.63) is 102 Å². The van der Waals surface area contributed by atoms with Gasteiger partial charge < -0.3 is 24.8 Å². The number of rotatable bonds is 7. The van der Waals surface area contributed by atoms with Gasteiger partial charge in [0.05, 0.1) is 12.2 Å². The second-order valence-corrected chi connectivity index (χ2v) is 7.75. The molecule has 0 fully saturated rings. The molecule has 2 N–H and O–H groups in total. The Bertz CT molecular complexity index is 1220. The van der Waals surface area contributed by atoms with Crippen LogP contribution in [-0.2, 0) is 13.2 Å². The minimum absolute atomic E-state index is 0. The van der Waals surface area contributed by atoms with Gasteiger partial charge in [-0.25, -0.2) is 0 Å². The Morgan fingerprint density at radius 2 is 1.44 bits per heavy atom. The van der Waals surface area contributed by atoms with E-state index < -0.39 is 0 Å². The van der Waals surface area contributed by atoms with Crippen LogP contribution in [0.4, 0.5) is 17.1 Å². The van der Waals surface area contributed by atoms with Crippen molar-refractivity contribution in [3.63, 3.8) is 0 Å². The van der Waals surface area contributed by atoms with E-state index in [1.807, 2.05) is 91.0 Å². The number of benzene rings is 3. The average molecular weight is 474 g/mol. The molecule has 174 valence electrons. The maximum atomic E-state index is 6.21. The van der Waals surface area contributed by atoms with Crippen LogP contribution in [0.5, 0.6) is 17.5 Å². The second-order valence-electron chi connectivity index (χ2n) is 7.75. The van der Waals surface area contributed by atoms with Gasteiger partial charge in [0.1, 0.15) is 31.3 Å². The fourth-order valence-corrected chi connectivity index (χ4v) is 3.75. The zero-order valence-electron chi connectivity index (χ0n) is 18.7. The molecule has 0 spiro atoms. The monoisotopic (exact) mass is 473 g/mol. The van der Waals surface area contributed by atoms with E-state index in [2.05, 4.69) is 4.90 Å². The van der Waals surface area contributed by atoms with Crippen LogP contribution in [0.15, 0.2) is 91.0 Å². The van der Waals surface area contributed by atoms with Crippen molar-refractivity contribution in [3.8, 4) is 17.5 Å². The number of pyridine rings is 1. The van der Waals surface area contributed by atoms with Crippen molar-refractivity contribution in [2.24, 2.45) is 0 Å². The molecule has 1 aliphatic heterocycles. The lowest BCUT2D eigenvalue weighted by Gasteiger charge is -2.32. The van der Waals surface area contributed by atoms with Gasteiger partial charge in [-0.3, -0.25) is 0 Å². The molecule has 0 amide bonds. The number of ether oxygens (including phenoxy) is 3. The minimum Gasteiger partial charge on any atom is -0.489 e. The Labute approximate surface area is 206 Å². The molecule has 5 rings (SSSR count). The number of nitrogens with zero attached hydrogens (tertiary/aromatic N) is 2. The summed E-state index contributed by atoms with van der Waals surface area (Å²) >= 11 is 0. The molecular formula is C27H27N3O3S. The van der Waals surface area contributed by atoms with Crippen molar-refractivity contribution < 1.29 is 14.2 Å². The highest BCUT2D eigenvalue weighted by Gasteiger charge is 2.24. The van der Waals surface area contributed by atoms with E-state index in [4.69, 9.17) is 24.9 Å². The predicted molar refractivity (Wildman–Crippen MR) is 140 cm³/mol. The van der Waals surface area contributed by atoms with Gasteiger partial charge in [0.15, 0.2) is 0 Å². The lowest BCUT2D eigenvalue weighted by Crippen LogP contribution is -2.29. The van der Waals surface area contributed by atoms with Crippen LogP contribution in [-0.4, -0.2) is 18.1 Å². The topological polar surface area (TPSA) is 69.8 Å². The molecule has 0 unspecified atom stereocenters. The molecule has 0 atom stereocenters. The molecule has 0 radical (unpaired) electrons. The van der Waals surface area contributed by atoms with Gasteiger partial charge in [-0.2, -0.15) is 18.5 Å². The molecule has 7 heteroatoms. The molecule has 6 nitrogen and oxygen atoms in total. The van der Waals surface area contributed by atoms with Crippen LogP contribution in [0.2, 0.25) is 0 Å². The summed E-state index contributed by atoms with van der Waals surface area (Å²) in [5.41, 5.74) is 10.6. The van der Waals surface area contributed by atoms with Gasteiger partial charge >= 0.3 is 0 Å². The molecule has 2 heterocycles. The third kappa shape index (κ3) is 5.38. The van der Waals surface area contributed by atoms with Gasteiger partial charge in [0.2, 0.25) is 11.8 Å². The smallest absolute Gasteiger partial charge is 0.241 e. The van der Waals surface area contributed by atoms with E-state index >= 15 is 0 Å². The number of hydrogen-bond donors (Lipinski definition) is 1. The summed E-state index contributed by atoms with van der Waals surface area (Å²) < 4.78 is 18.0. The van der Waals surface area contributed by atoms with Crippen LogP contribution in [0, 0.1) is 0 Å². The van der Waals surface area contributed by atoms with E-state index in [1.165, 1.54) is 0 Å². The quantitative estimate of drug-likeness (QED) is 0.359. The molecule has 0 saturated carbocycles. The first-order chi connectivity index (χ1) is 16.3. The Hall–Kier alpha value is -3.84. The fraction of sp³-hybridized carbons (Fsp3) is 0.148. The highest BCUT2D eigenvalue weighted by Crippen LogP contribution is 2.41. The second kappa shape index (κ2) is 10.9. The molecule has 3 aromatic carbocycles. The zero-order valence-corrected chi connectivity index (χ0v) is 19.7. The largest absolute Gasteiger partial charge is 0.489 e. The number of aromatic nitrogens is 1. The maximum absolute atomic E-state index is 6.21.